The van der Waals surface area contributed by atoms with E-state index in [1.165, 1.54) is 18.4 Å². The van der Waals surface area contributed by atoms with Crippen molar-refractivity contribution in [1.82, 2.24) is 15.6 Å². The molecule has 0 unspecified atom stereocenters. The maximum Gasteiger partial charge on any atom is 0.109 e. The van der Waals surface area contributed by atoms with Crippen LogP contribution in [0.3, 0.4) is 0 Å². The van der Waals surface area contributed by atoms with Gasteiger partial charge in [0.25, 0.3) is 0 Å². The Morgan fingerprint density at radius 1 is 1.48 bits per heavy atom. The molecule has 2 aromatic rings. The van der Waals surface area contributed by atoms with Crippen molar-refractivity contribution in [3.8, 4) is 0 Å². The topological polar surface area (TPSA) is 91.5 Å². The van der Waals surface area contributed by atoms with E-state index in [0.29, 0.717) is 12.5 Å². The third-order valence-corrected chi connectivity index (χ3v) is 4.00. The van der Waals surface area contributed by atoms with Gasteiger partial charge in [0, 0.05) is 29.9 Å². The first-order valence-corrected chi connectivity index (χ1v) is 7.85. The molecule has 0 saturated heterocycles. The molecule has 23 heavy (non-hydrogen) atoms. The molecule has 1 aromatic heterocycles. The van der Waals surface area contributed by atoms with Gasteiger partial charge < -0.3 is 11.2 Å². The number of benzene rings is 1. The molecule has 1 aliphatic rings. The highest BCUT2D eigenvalue weighted by Crippen LogP contribution is 2.41. The van der Waals surface area contributed by atoms with E-state index in [1.54, 1.807) is 13.3 Å². The molecule has 120 valence electrons. The summed E-state index contributed by atoms with van der Waals surface area (Å²) < 4.78 is 0. The molecule has 0 amide bonds. The first-order valence-electron chi connectivity index (χ1n) is 7.85. The number of H-pyrrole nitrogens is 1. The zero-order chi connectivity index (χ0) is 16.2. The molecule has 0 atom stereocenters. The summed E-state index contributed by atoms with van der Waals surface area (Å²) in [5.74, 6) is 0.660. The highest BCUT2D eigenvalue weighted by atomic mass is 15.3. The molecule has 4 N–H and O–H groups in total. The summed E-state index contributed by atoms with van der Waals surface area (Å²) in [6.07, 6.45) is 7.97. The molecule has 1 aromatic carbocycles. The maximum atomic E-state index is 5.79. The maximum absolute atomic E-state index is 5.79. The van der Waals surface area contributed by atoms with Crippen molar-refractivity contribution in [3.63, 3.8) is 0 Å². The number of hydrogen-bond donors (Lipinski definition) is 3. The number of nitrogens with two attached hydrogens (primary N) is 1. The van der Waals surface area contributed by atoms with E-state index >= 15 is 0 Å². The average Bonchev–Trinajstić information content (AvgIpc) is 3.30. The minimum absolute atomic E-state index is 0.468. The van der Waals surface area contributed by atoms with Crippen molar-refractivity contribution in [2.24, 2.45) is 15.8 Å². The van der Waals surface area contributed by atoms with Gasteiger partial charge in [0.15, 0.2) is 0 Å². The predicted octanol–water partition coefficient (Wildman–Crippen LogP) is 2.30. The minimum Gasteiger partial charge on any atom is -0.401 e. The SMILES string of the molecule is C/C=C(\N)CN=CC(=NNC)c1cc(C2CC2)cc2[nH]ncc12. The number of nitrogens with zero attached hydrogens (tertiary/aromatic N) is 3. The molecular weight excluding hydrogens is 288 g/mol. The Labute approximate surface area is 135 Å². The van der Waals surface area contributed by atoms with Gasteiger partial charge in [0.2, 0.25) is 0 Å². The van der Waals surface area contributed by atoms with Gasteiger partial charge in [-0.25, -0.2) is 0 Å². The first-order chi connectivity index (χ1) is 11.2. The normalized spacial score (nSPS) is 16.4. The highest BCUT2D eigenvalue weighted by Gasteiger charge is 2.25. The third kappa shape index (κ3) is 3.41. The van der Waals surface area contributed by atoms with Crippen LogP contribution in [0, 0.1) is 0 Å². The second-order valence-electron chi connectivity index (χ2n) is 5.73. The van der Waals surface area contributed by atoms with E-state index in [-0.39, 0.29) is 0 Å². The van der Waals surface area contributed by atoms with E-state index in [1.807, 2.05) is 19.2 Å². The highest BCUT2D eigenvalue weighted by molar-refractivity contribution is 6.40. The van der Waals surface area contributed by atoms with E-state index in [4.69, 9.17) is 5.73 Å². The number of aromatic amines is 1. The molecule has 0 bridgehead atoms. The Bertz CT molecular complexity index is 779. The number of aliphatic imine (C=N–C) groups is 1. The molecule has 6 nitrogen and oxygen atoms in total. The van der Waals surface area contributed by atoms with Gasteiger partial charge in [-0.05, 0) is 43.4 Å². The van der Waals surface area contributed by atoms with Crippen LogP contribution in [0.4, 0.5) is 0 Å². The predicted molar refractivity (Wildman–Crippen MR) is 95.0 cm³/mol. The Hall–Kier alpha value is -2.63. The summed E-state index contributed by atoms with van der Waals surface area (Å²) in [5.41, 5.74) is 13.6. The van der Waals surface area contributed by atoms with Crippen molar-refractivity contribution in [2.45, 2.75) is 25.7 Å². The lowest BCUT2D eigenvalue weighted by Crippen LogP contribution is -2.11. The zero-order valence-electron chi connectivity index (χ0n) is 13.5. The van der Waals surface area contributed by atoms with E-state index in [2.05, 4.69) is 37.8 Å². The van der Waals surface area contributed by atoms with Gasteiger partial charge in [0.1, 0.15) is 5.71 Å². The lowest BCUT2D eigenvalue weighted by Gasteiger charge is -2.07. The summed E-state index contributed by atoms with van der Waals surface area (Å²) in [6, 6.07) is 4.40. The summed E-state index contributed by atoms with van der Waals surface area (Å²) in [6.45, 7) is 2.37. The van der Waals surface area contributed by atoms with Crippen LogP contribution in [0.1, 0.15) is 36.8 Å². The van der Waals surface area contributed by atoms with Crippen LogP contribution in [-0.4, -0.2) is 35.7 Å². The fourth-order valence-corrected chi connectivity index (χ4v) is 2.55. The lowest BCUT2D eigenvalue weighted by molar-refractivity contribution is 0.904. The van der Waals surface area contributed by atoms with Gasteiger partial charge in [-0.15, -0.1) is 0 Å². The molecule has 1 heterocycles. The number of rotatable bonds is 6. The molecule has 3 rings (SSSR count). The van der Waals surface area contributed by atoms with Crippen LogP contribution in [0.15, 0.2) is 40.2 Å². The third-order valence-electron chi connectivity index (χ3n) is 4.00. The number of fused-ring (bicyclic) bond motifs is 1. The molecule has 1 saturated carbocycles. The van der Waals surface area contributed by atoms with Crippen molar-refractivity contribution >= 4 is 22.8 Å². The van der Waals surface area contributed by atoms with Crippen molar-refractivity contribution in [1.29, 1.82) is 0 Å². The first kappa shape index (κ1) is 15.3. The zero-order valence-corrected chi connectivity index (χ0v) is 13.5. The summed E-state index contributed by atoms with van der Waals surface area (Å²) in [5, 5.41) is 12.7. The Balaban J connectivity index is 2.00. The summed E-state index contributed by atoms with van der Waals surface area (Å²) >= 11 is 0. The molecule has 6 heteroatoms. The Kier molecular flexibility index (Phi) is 4.41. The average molecular weight is 310 g/mol. The fourth-order valence-electron chi connectivity index (χ4n) is 2.55. The van der Waals surface area contributed by atoms with Crippen molar-refractivity contribution in [2.75, 3.05) is 13.6 Å². The molecule has 0 aliphatic heterocycles. The van der Waals surface area contributed by atoms with Crippen molar-refractivity contribution < 1.29 is 0 Å². The fraction of sp³-hybridized carbons (Fsp3) is 0.353. The second-order valence-corrected chi connectivity index (χ2v) is 5.73. The Morgan fingerprint density at radius 2 is 2.30 bits per heavy atom. The number of hydrazone groups is 1. The molecular formula is C17H22N6. The van der Waals surface area contributed by atoms with Crippen LogP contribution in [0.25, 0.3) is 10.9 Å². The quantitative estimate of drug-likeness (QED) is 0.564. The Morgan fingerprint density at radius 3 is 3.00 bits per heavy atom. The van der Waals surface area contributed by atoms with Gasteiger partial charge >= 0.3 is 0 Å². The summed E-state index contributed by atoms with van der Waals surface area (Å²) in [4.78, 5) is 4.40. The van der Waals surface area contributed by atoms with Crippen LogP contribution in [-0.2, 0) is 0 Å². The molecule has 1 fully saturated rings. The van der Waals surface area contributed by atoms with Gasteiger partial charge in [-0.1, -0.05) is 6.08 Å². The van der Waals surface area contributed by atoms with E-state index < -0.39 is 0 Å². The van der Waals surface area contributed by atoms with Crippen LogP contribution in [0.5, 0.6) is 0 Å². The molecule has 0 radical (unpaired) electrons. The number of allylic oxidation sites excluding steroid dienone is 1. The largest absolute Gasteiger partial charge is 0.401 e. The number of hydrogen-bond acceptors (Lipinski definition) is 5. The summed E-state index contributed by atoms with van der Waals surface area (Å²) in [7, 11) is 1.78. The minimum atomic E-state index is 0.468. The number of nitrogens with one attached hydrogen (secondary N) is 2. The van der Waals surface area contributed by atoms with E-state index in [0.717, 1.165) is 27.9 Å². The van der Waals surface area contributed by atoms with Crippen LogP contribution >= 0.6 is 0 Å². The van der Waals surface area contributed by atoms with Crippen LogP contribution < -0.4 is 11.2 Å². The molecule has 0 spiro atoms. The van der Waals surface area contributed by atoms with Crippen molar-refractivity contribution in [3.05, 3.63) is 41.2 Å². The van der Waals surface area contributed by atoms with Crippen LogP contribution in [0.2, 0.25) is 0 Å². The smallest absolute Gasteiger partial charge is 0.109 e. The van der Waals surface area contributed by atoms with Gasteiger partial charge in [-0.2, -0.15) is 10.2 Å². The molecule has 1 aliphatic carbocycles. The van der Waals surface area contributed by atoms with Gasteiger partial charge in [-0.3, -0.25) is 10.1 Å². The van der Waals surface area contributed by atoms with E-state index in [9.17, 15) is 0 Å². The standard InChI is InChI=1S/C17H22N6/c1-3-13(18)8-20-10-17(22-19-2)14-6-12(11-4-5-11)7-16-15(14)9-21-23-16/h3,6-7,9-11,19H,4-5,8,18H2,1-2H3,(H,21,23)/b13-3-,20-10?,22-17?. The lowest BCUT2D eigenvalue weighted by atomic mass is 10.00. The van der Waals surface area contributed by atoms with Gasteiger partial charge in [0.05, 0.1) is 18.3 Å². The monoisotopic (exact) mass is 310 g/mol. The number of aromatic nitrogens is 2. The second kappa shape index (κ2) is 6.64.